The monoisotopic (exact) mass is 468 g/mol. The lowest BCUT2D eigenvalue weighted by molar-refractivity contribution is -0.155. The van der Waals surface area contributed by atoms with Gasteiger partial charge in [-0.25, -0.2) is 4.79 Å². The fourth-order valence-corrected chi connectivity index (χ4v) is 10.4. The van der Waals surface area contributed by atoms with Gasteiger partial charge in [0.25, 0.3) is 0 Å². The van der Waals surface area contributed by atoms with Gasteiger partial charge in [0.2, 0.25) is 0 Å². The summed E-state index contributed by atoms with van der Waals surface area (Å²) < 4.78 is 5.90. The molecule has 0 aromatic heterocycles. The minimum Gasteiger partial charge on any atom is -0.481 e. The molecular formula is C30H44O4. The van der Waals surface area contributed by atoms with Gasteiger partial charge in [0.1, 0.15) is 6.10 Å². The van der Waals surface area contributed by atoms with E-state index in [4.69, 9.17) is 4.74 Å². The van der Waals surface area contributed by atoms with Crippen LogP contribution in [0.25, 0.3) is 0 Å². The van der Waals surface area contributed by atoms with Crippen LogP contribution in [0.4, 0.5) is 0 Å². The van der Waals surface area contributed by atoms with Crippen molar-refractivity contribution in [3.8, 4) is 0 Å². The molecule has 1 heterocycles. The Bertz CT molecular complexity index is 949. The van der Waals surface area contributed by atoms with Gasteiger partial charge in [0.05, 0.1) is 0 Å². The number of hydrogen-bond acceptors (Lipinski definition) is 3. The zero-order valence-electron chi connectivity index (χ0n) is 21.9. The number of carbonyl (C=O) groups excluding carboxylic acids is 1. The molecule has 0 aromatic carbocycles. The van der Waals surface area contributed by atoms with E-state index in [-0.39, 0.29) is 34.7 Å². The van der Waals surface area contributed by atoms with E-state index >= 15 is 0 Å². The van der Waals surface area contributed by atoms with E-state index in [1.807, 2.05) is 6.92 Å². The summed E-state index contributed by atoms with van der Waals surface area (Å²) in [5.41, 5.74) is 2.95. The topological polar surface area (TPSA) is 63.6 Å². The smallest absolute Gasteiger partial charge is 0.333 e. The predicted octanol–water partition coefficient (Wildman–Crippen LogP) is 6.94. The first-order valence-corrected chi connectivity index (χ1v) is 13.7. The molecule has 5 aliphatic rings. The Morgan fingerprint density at radius 2 is 1.94 bits per heavy atom. The van der Waals surface area contributed by atoms with Crippen molar-refractivity contribution in [2.24, 2.45) is 45.3 Å². The molecule has 0 unspecified atom stereocenters. The molecule has 1 N–H and O–H groups in total. The zero-order valence-corrected chi connectivity index (χ0v) is 21.9. The van der Waals surface area contributed by atoms with E-state index in [0.29, 0.717) is 29.1 Å². The number of cyclic esters (lactones) is 1. The van der Waals surface area contributed by atoms with E-state index in [1.165, 1.54) is 44.1 Å². The lowest BCUT2D eigenvalue weighted by atomic mass is 9.43. The van der Waals surface area contributed by atoms with Crippen molar-refractivity contribution in [2.45, 2.75) is 105 Å². The molecule has 5 rings (SSSR count). The van der Waals surface area contributed by atoms with E-state index in [9.17, 15) is 14.7 Å². The Balaban J connectivity index is 1.43. The molecule has 4 heteroatoms. The molecule has 1 aliphatic heterocycles. The second-order valence-corrected chi connectivity index (χ2v) is 13.3. The fraction of sp³-hybridized carbons (Fsp3) is 0.800. The largest absolute Gasteiger partial charge is 0.481 e. The number of aliphatic carboxylic acids is 1. The molecule has 34 heavy (non-hydrogen) atoms. The van der Waals surface area contributed by atoms with Gasteiger partial charge in [-0.3, -0.25) is 4.79 Å². The van der Waals surface area contributed by atoms with E-state index in [1.54, 1.807) is 0 Å². The summed E-state index contributed by atoms with van der Waals surface area (Å²) >= 11 is 0. The number of allylic oxidation sites excluding steroid dienone is 1. The maximum absolute atomic E-state index is 12.3. The van der Waals surface area contributed by atoms with Crippen LogP contribution < -0.4 is 0 Å². The van der Waals surface area contributed by atoms with Gasteiger partial charge in [0, 0.05) is 18.4 Å². The molecule has 1 spiro atoms. The molecule has 188 valence electrons. The number of carboxylic acid groups (broad SMARTS) is 1. The second-order valence-electron chi connectivity index (χ2n) is 13.3. The van der Waals surface area contributed by atoms with Crippen molar-refractivity contribution in [1.29, 1.82) is 0 Å². The average molecular weight is 469 g/mol. The summed E-state index contributed by atoms with van der Waals surface area (Å²) in [6.07, 6.45) is 12.5. The summed E-state index contributed by atoms with van der Waals surface area (Å²) in [6, 6.07) is 0. The molecule has 4 nitrogen and oxygen atoms in total. The van der Waals surface area contributed by atoms with E-state index in [2.05, 4.69) is 40.3 Å². The lowest BCUT2D eigenvalue weighted by Gasteiger charge is -2.61. The molecule has 0 aromatic rings. The zero-order chi connectivity index (χ0) is 24.7. The highest BCUT2D eigenvalue weighted by Gasteiger charge is 2.80. The third-order valence-corrected chi connectivity index (χ3v) is 12.4. The Labute approximate surface area is 205 Å². The van der Waals surface area contributed by atoms with Crippen LogP contribution in [0.2, 0.25) is 0 Å². The standard InChI is InChI=1S/C30H44O4/c1-18(2)21-8-10-24-28(6)13-11-22(20(4)23-9-7-19(3)26(33)34-23)27(28,5)15-16-30(24)17-29(21,30)14-12-25(31)32/h7,20-24H,1,8-17H2,2-6H3,(H,31,32)/t20-,21-,22+,23+,24-,27+,28-,29+,30-/m0/s1. The average Bonchev–Trinajstić information content (AvgIpc) is 3.37. The Morgan fingerprint density at radius 3 is 2.59 bits per heavy atom. The molecule has 0 bridgehead atoms. The molecule has 0 radical (unpaired) electrons. The van der Waals surface area contributed by atoms with Crippen molar-refractivity contribution in [2.75, 3.05) is 0 Å². The van der Waals surface area contributed by atoms with Crippen molar-refractivity contribution in [1.82, 2.24) is 0 Å². The normalized spacial score (nSPS) is 48.0. The minimum absolute atomic E-state index is 0.00834. The third-order valence-electron chi connectivity index (χ3n) is 12.4. The molecule has 0 saturated heterocycles. The van der Waals surface area contributed by atoms with Gasteiger partial charge in [0.15, 0.2) is 0 Å². The van der Waals surface area contributed by atoms with Crippen molar-refractivity contribution < 1.29 is 19.4 Å². The van der Waals surface area contributed by atoms with Crippen molar-refractivity contribution in [3.63, 3.8) is 0 Å². The number of carboxylic acids is 1. The predicted molar refractivity (Wildman–Crippen MR) is 133 cm³/mol. The molecule has 4 saturated carbocycles. The van der Waals surface area contributed by atoms with Gasteiger partial charge in [-0.1, -0.05) is 39.0 Å². The summed E-state index contributed by atoms with van der Waals surface area (Å²) in [5.74, 6) is 1.26. The van der Waals surface area contributed by atoms with Crippen LogP contribution >= 0.6 is 0 Å². The van der Waals surface area contributed by atoms with Crippen LogP contribution in [0.15, 0.2) is 23.8 Å². The fourth-order valence-electron chi connectivity index (χ4n) is 10.4. The molecule has 9 atom stereocenters. The Morgan fingerprint density at radius 1 is 1.21 bits per heavy atom. The number of carbonyl (C=O) groups is 2. The van der Waals surface area contributed by atoms with Gasteiger partial charge >= 0.3 is 11.9 Å². The molecule has 4 aliphatic carbocycles. The number of ether oxygens (including phenoxy) is 1. The van der Waals surface area contributed by atoms with Crippen LogP contribution in [0.1, 0.15) is 98.8 Å². The summed E-state index contributed by atoms with van der Waals surface area (Å²) in [7, 11) is 0. The van der Waals surface area contributed by atoms with Gasteiger partial charge in [-0.2, -0.15) is 0 Å². The number of fused-ring (bicyclic) bond motifs is 2. The van der Waals surface area contributed by atoms with E-state index < -0.39 is 5.97 Å². The Kier molecular flexibility index (Phi) is 5.47. The van der Waals surface area contributed by atoms with E-state index in [0.717, 1.165) is 24.8 Å². The van der Waals surface area contributed by atoms with Crippen LogP contribution in [0, 0.1) is 45.3 Å². The summed E-state index contributed by atoms with van der Waals surface area (Å²) in [5, 5.41) is 9.53. The number of hydrogen-bond donors (Lipinski definition) is 1. The minimum atomic E-state index is -0.660. The Hall–Kier alpha value is -1.58. The number of esters is 1. The maximum Gasteiger partial charge on any atom is 0.333 e. The first-order chi connectivity index (χ1) is 15.9. The van der Waals surface area contributed by atoms with Crippen LogP contribution in [-0.2, 0) is 14.3 Å². The third kappa shape index (κ3) is 3.02. The van der Waals surface area contributed by atoms with Crippen LogP contribution in [0.5, 0.6) is 0 Å². The molecular weight excluding hydrogens is 424 g/mol. The lowest BCUT2D eigenvalue weighted by Crippen LogP contribution is -2.55. The highest BCUT2D eigenvalue weighted by Crippen LogP contribution is 2.87. The first-order valence-electron chi connectivity index (χ1n) is 13.7. The SMILES string of the molecule is C=C(C)[C@@H]1CC[C@@H]2[C@]3(CC[C@]4(C)[C@@H]([C@H](C)[C@H]5CC=C(C)C(=O)O5)CC[C@@]24C)C[C@]13CCC(=O)O. The van der Waals surface area contributed by atoms with Gasteiger partial charge in [-0.15, -0.1) is 0 Å². The van der Waals surface area contributed by atoms with Crippen LogP contribution in [0.3, 0.4) is 0 Å². The van der Waals surface area contributed by atoms with Crippen molar-refractivity contribution >= 4 is 11.9 Å². The quantitative estimate of drug-likeness (QED) is 0.339. The van der Waals surface area contributed by atoms with Gasteiger partial charge in [-0.05, 0) is 111 Å². The van der Waals surface area contributed by atoms with Gasteiger partial charge < -0.3 is 9.84 Å². The first kappa shape index (κ1) is 24.1. The summed E-state index contributed by atoms with van der Waals surface area (Å²) in [6.45, 7) is 15.8. The summed E-state index contributed by atoms with van der Waals surface area (Å²) in [4.78, 5) is 23.9. The maximum atomic E-state index is 12.3. The number of rotatable bonds is 6. The highest BCUT2D eigenvalue weighted by molar-refractivity contribution is 5.88. The highest BCUT2D eigenvalue weighted by atomic mass is 16.5. The second kappa shape index (κ2) is 7.71. The molecule has 0 amide bonds. The molecule has 4 fully saturated rings. The van der Waals surface area contributed by atoms with Crippen molar-refractivity contribution in [3.05, 3.63) is 23.8 Å². The van der Waals surface area contributed by atoms with Crippen LogP contribution in [-0.4, -0.2) is 23.1 Å².